The summed E-state index contributed by atoms with van der Waals surface area (Å²) in [5, 5.41) is 6.79. The molecule has 0 saturated heterocycles. The van der Waals surface area contributed by atoms with Gasteiger partial charge in [0.2, 0.25) is 0 Å². The maximum atomic E-state index is 7.21. The summed E-state index contributed by atoms with van der Waals surface area (Å²) in [5.41, 5.74) is 9.89. The molecule has 1 aliphatic heterocycles. The zero-order chi connectivity index (χ0) is 11.8. The Morgan fingerprint density at radius 2 is 2.12 bits per heavy atom. The lowest BCUT2D eigenvalue weighted by atomic mass is 9.86. The molecule has 0 fully saturated rings. The van der Waals surface area contributed by atoms with Gasteiger partial charge in [-0.1, -0.05) is 20.8 Å². The average Bonchev–Trinajstić information content (AvgIpc) is 2.26. The number of rotatable bonds is 1. The summed E-state index contributed by atoms with van der Waals surface area (Å²) >= 11 is 0. The maximum Gasteiger partial charge on any atom is 0.145 e. The van der Waals surface area contributed by atoms with E-state index in [-0.39, 0.29) is 5.41 Å². The van der Waals surface area contributed by atoms with Crippen LogP contribution in [0.25, 0.3) is 0 Å². The summed E-state index contributed by atoms with van der Waals surface area (Å²) in [6.45, 7) is 7.85. The minimum absolute atomic E-state index is 0.0370. The van der Waals surface area contributed by atoms with Crippen LogP contribution in [0.2, 0.25) is 0 Å². The second-order valence-electron chi connectivity index (χ2n) is 5.01. The summed E-state index contributed by atoms with van der Waals surface area (Å²) in [5.74, 6) is 0.810. The Labute approximate surface area is 95.5 Å². The van der Waals surface area contributed by atoms with Crippen LogP contribution in [0.4, 0.5) is 11.4 Å². The first-order valence-corrected chi connectivity index (χ1v) is 5.45. The predicted molar refractivity (Wildman–Crippen MR) is 63.9 cm³/mol. The van der Waals surface area contributed by atoms with E-state index < -0.39 is 0 Å². The van der Waals surface area contributed by atoms with E-state index in [1.54, 1.807) is 0 Å². The second-order valence-corrected chi connectivity index (χ2v) is 5.01. The minimum atomic E-state index is 0.0370. The molecular weight excluding hydrogens is 202 g/mol. The van der Waals surface area contributed by atoms with Crippen molar-refractivity contribution in [3.8, 4) is 5.75 Å². The van der Waals surface area contributed by atoms with Crippen LogP contribution in [-0.2, 0) is 5.41 Å². The number of hydrogen-bond donors (Lipinski definition) is 2. The molecule has 2 rings (SSSR count). The number of nitrogens with zero attached hydrogens (tertiary/aromatic N) is 1. The van der Waals surface area contributed by atoms with Crippen LogP contribution in [0.3, 0.4) is 0 Å². The van der Waals surface area contributed by atoms with Crippen molar-refractivity contribution >= 4 is 11.4 Å². The van der Waals surface area contributed by atoms with Crippen LogP contribution >= 0.6 is 0 Å². The zero-order valence-corrected chi connectivity index (χ0v) is 9.92. The topological polar surface area (TPSA) is 57.5 Å². The number of anilines is 1. The van der Waals surface area contributed by atoms with Crippen molar-refractivity contribution in [2.24, 2.45) is 5.11 Å². The van der Waals surface area contributed by atoms with Gasteiger partial charge in [0, 0.05) is 6.54 Å². The van der Waals surface area contributed by atoms with Gasteiger partial charge in [-0.15, -0.1) is 0 Å². The Balaban J connectivity index is 2.56. The summed E-state index contributed by atoms with van der Waals surface area (Å²) in [6.07, 6.45) is 0. The van der Waals surface area contributed by atoms with Gasteiger partial charge in [0.25, 0.3) is 0 Å². The number of nitrogens with one attached hydrogen (secondary N) is 2. The molecule has 0 spiro atoms. The number of hydrogen-bond acceptors (Lipinski definition) is 4. The third-order valence-electron chi connectivity index (χ3n) is 2.73. The van der Waals surface area contributed by atoms with E-state index in [4.69, 9.17) is 10.3 Å². The molecule has 16 heavy (non-hydrogen) atoms. The lowest BCUT2D eigenvalue weighted by Gasteiger charge is -2.25. The molecule has 1 heterocycles. The van der Waals surface area contributed by atoms with E-state index in [1.165, 1.54) is 0 Å². The van der Waals surface area contributed by atoms with Gasteiger partial charge < -0.3 is 10.1 Å². The lowest BCUT2D eigenvalue weighted by Crippen LogP contribution is -2.19. The van der Waals surface area contributed by atoms with Crippen molar-refractivity contribution in [3.63, 3.8) is 0 Å². The molecular formula is C12H17N3O. The van der Waals surface area contributed by atoms with Crippen molar-refractivity contribution < 1.29 is 4.74 Å². The molecule has 0 amide bonds. The predicted octanol–water partition coefficient (Wildman–Crippen LogP) is 3.45. The standard InChI is InChI=1S/C12H17N3O/c1-12(2,3)8-6-9(15-13)11-10(7-8)16-5-4-14-11/h6-7,13-14H,4-5H2,1-3H3. The quantitative estimate of drug-likeness (QED) is 0.711. The van der Waals surface area contributed by atoms with E-state index in [0.29, 0.717) is 12.3 Å². The SMILES string of the molecule is CC(C)(C)c1cc(N=N)c2c(c1)OCCN2. The van der Waals surface area contributed by atoms with E-state index >= 15 is 0 Å². The van der Waals surface area contributed by atoms with Gasteiger partial charge in [0.05, 0.1) is 0 Å². The van der Waals surface area contributed by atoms with Gasteiger partial charge in [-0.25, -0.2) is 5.53 Å². The van der Waals surface area contributed by atoms with Gasteiger partial charge in [-0.05, 0) is 23.1 Å². The molecule has 0 aliphatic carbocycles. The molecule has 4 nitrogen and oxygen atoms in total. The average molecular weight is 219 g/mol. The Hall–Kier alpha value is -1.58. The van der Waals surface area contributed by atoms with Gasteiger partial charge in [0.1, 0.15) is 23.7 Å². The van der Waals surface area contributed by atoms with Crippen LogP contribution in [0, 0.1) is 5.53 Å². The van der Waals surface area contributed by atoms with Crippen molar-refractivity contribution in [2.45, 2.75) is 26.2 Å². The molecule has 1 aromatic rings. The largest absolute Gasteiger partial charge is 0.489 e. The maximum absolute atomic E-state index is 7.21. The molecule has 1 aromatic carbocycles. The lowest BCUT2D eigenvalue weighted by molar-refractivity contribution is 0.322. The van der Waals surface area contributed by atoms with Crippen LogP contribution in [0.1, 0.15) is 26.3 Å². The minimum Gasteiger partial charge on any atom is -0.489 e. The van der Waals surface area contributed by atoms with Crippen LogP contribution < -0.4 is 10.1 Å². The smallest absolute Gasteiger partial charge is 0.145 e. The van der Waals surface area contributed by atoms with Crippen molar-refractivity contribution in [1.29, 1.82) is 5.53 Å². The van der Waals surface area contributed by atoms with Crippen LogP contribution in [-0.4, -0.2) is 13.2 Å². The highest BCUT2D eigenvalue weighted by molar-refractivity contribution is 5.75. The first-order valence-electron chi connectivity index (χ1n) is 5.45. The van der Waals surface area contributed by atoms with E-state index in [2.05, 4.69) is 31.2 Å². The fraction of sp³-hybridized carbons (Fsp3) is 0.500. The molecule has 0 radical (unpaired) electrons. The van der Waals surface area contributed by atoms with Crippen LogP contribution in [0.5, 0.6) is 5.75 Å². The van der Waals surface area contributed by atoms with Gasteiger partial charge in [-0.2, -0.15) is 5.11 Å². The van der Waals surface area contributed by atoms with Crippen molar-refractivity contribution in [2.75, 3.05) is 18.5 Å². The summed E-state index contributed by atoms with van der Waals surface area (Å²) in [7, 11) is 0. The molecule has 0 unspecified atom stereocenters. The molecule has 4 heteroatoms. The number of ether oxygens (including phenoxy) is 1. The van der Waals surface area contributed by atoms with Gasteiger partial charge >= 0.3 is 0 Å². The first kappa shape index (κ1) is 10.9. The Bertz CT molecular complexity index is 421. The highest BCUT2D eigenvalue weighted by atomic mass is 16.5. The highest BCUT2D eigenvalue weighted by Gasteiger charge is 2.21. The van der Waals surface area contributed by atoms with E-state index in [9.17, 15) is 0 Å². The van der Waals surface area contributed by atoms with Crippen molar-refractivity contribution in [1.82, 2.24) is 0 Å². The third kappa shape index (κ3) is 1.87. The molecule has 1 aliphatic rings. The molecule has 0 bridgehead atoms. The highest BCUT2D eigenvalue weighted by Crippen LogP contribution is 2.40. The summed E-state index contributed by atoms with van der Waals surface area (Å²) in [6, 6.07) is 3.99. The van der Waals surface area contributed by atoms with Crippen molar-refractivity contribution in [3.05, 3.63) is 17.7 Å². The number of fused-ring (bicyclic) bond motifs is 1. The fourth-order valence-electron chi connectivity index (χ4n) is 1.75. The van der Waals surface area contributed by atoms with Gasteiger partial charge in [0.15, 0.2) is 0 Å². The van der Waals surface area contributed by atoms with E-state index in [0.717, 1.165) is 23.5 Å². The first-order chi connectivity index (χ1) is 7.52. The Morgan fingerprint density at radius 3 is 2.75 bits per heavy atom. The molecule has 2 N–H and O–H groups in total. The summed E-state index contributed by atoms with van der Waals surface area (Å²) < 4.78 is 5.60. The molecule has 0 atom stereocenters. The summed E-state index contributed by atoms with van der Waals surface area (Å²) in [4.78, 5) is 0. The molecule has 86 valence electrons. The Kier molecular flexibility index (Phi) is 2.58. The zero-order valence-electron chi connectivity index (χ0n) is 9.92. The fourth-order valence-corrected chi connectivity index (χ4v) is 1.75. The third-order valence-corrected chi connectivity index (χ3v) is 2.73. The Morgan fingerprint density at radius 1 is 1.38 bits per heavy atom. The normalized spacial score (nSPS) is 14.7. The van der Waals surface area contributed by atoms with Crippen LogP contribution in [0.15, 0.2) is 17.2 Å². The monoisotopic (exact) mass is 219 g/mol. The van der Waals surface area contributed by atoms with Gasteiger partial charge in [-0.3, -0.25) is 0 Å². The number of benzene rings is 1. The molecule has 0 saturated carbocycles. The second kappa shape index (κ2) is 3.77. The molecule has 0 aromatic heterocycles. The van der Waals surface area contributed by atoms with E-state index in [1.807, 2.05) is 12.1 Å².